The minimum absolute atomic E-state index is 0.0510. The summed E-state index contributed by atoms with van der Waals surface area (Å²) in [4.78, 5) is 25.3. The second kappa shape index (κ2) is 9.28. The first-order chi connectivity index (χ1) is 15.0. The van der Waals surface area contributed by atoms with E-state index in [0.29, 0.717) is 0 Å². The number of nitrogens with one attached hydrogen (secondary N) is 4. The average molecular weight is 512 g/mol. The van der Waals surface area contributed by atoms with Crippen molar-refractivity contribution >= 4 is 58.3 Å². The normalized spacial score (nSPS) is 13.3. The molecular weight excluding hydrogens is 500 g/mol. The summed E-state index contributed by atoms with van der Waals surface area (Å²) in [5.74, 6) is -2.60. The molecule has 4 N–H and O–H groups in total. The predicted molar refractivity (Wildman–Crippen MR) is 111 cm³/mol. The van der Waals surface area contributed by atoms with E-state index in [1.165, 1.54) is 30.3 Å². The van der Waals surface area contributed by atoms with Crippen molar-refractivity contribution in [2.45, 2.75) is 6.36 Å². The van der Waals surface area contributed by atoms with Crippen LogP contribution in [0.25, 0.3) is 0 Å². The first-order valence-electron chi connectivity index (χ1n) is 8.45. The van der Waals surface area contributed by atoms with E-state index >= 15 is 0 Å². The van der Waals surface area contributed by atoms with Crippen LogP contribution in [0.2, 0.25) is 15.1 Å². The maximum Gasteiger partial charge on any atom is 0.573 e. The Bertz CT molecular complexity index is 1090. The lowest BCUT2D eigenvalue weighted by Gasteiger charge is -2.18. The van der Waals surface area contributed by atoms with Crippen molar-refractivity contribution in [3.8, 4) is 5.75 Å². The molecule has 0 fully saturated rings. The maximum atomic E-state index is 12.9. The second-order valence-corrected chi connectivity index (χ2v) is 7.26. The maximum absolute atomic E-state index is 12.9. The van der Waals surface area contributed by atoms with Gasteiger partial charge >= 0.3 is 6.36 Å². The summed E-state index contributed by atoms with van der Waals surface area (Å²) in [5, 5.41) is 9.00. The Kier molecular flexibility index (Phi) is 6.88. The molecule has 170 valence electrons. The van der Waals surface area contributed by atoms with Crippen LogP contribution in [-0.4, -0.2) is 36.2 Å². The molecule has 0 atom stereocenters. The number of hydrazone groups is 1. The molecule has 0 saturated carbocycles. The number of halogens is 6. The van der Waals surface area contributed by atoms with Crippen LogP contribution in [0.1, 0.15) is 20.7 Å². The fourth-order valence-corrected chi connectivity index (χ4v) is 3.37. The predicted octanol–water partition coefficient (Wildman–Crippen LogP) is 3.75. The number of anilines is 1. The summed E-state index contributed by atoms with van der Waals surface area (Å²) < 4.78 is 42.6. The molecule has 0 unspecified atom stereocenters. The number of hydrogen-bond donors (Lipinski definition) is 4. The van der Waals surface area contributed by atoms with Crippen molar-refractivity contribution < 1.29 is 27.5 Å². The van der Waals surface area contributed by atoms with Gasteiger partial charge in [0.15, 0.2) is 5.75 Å². The van der Waals surface area contributed by atoms with Crippen molar-refractivity contribution in [3.63, 3.8) is 0 Å². The quantitative estimate of drug-likeness (QED) is 0.498. The van der Waals surface area contributed by atoms with E-state index in [0.717, 1.165) is 12.1 Å². The Labute approximate surface area is 193 Å². The van der Waals surface area contributed by atoms with Crippen molar-refractivity contribution in [2.75, 3.05) is 12.4 Å². The minimum atomic E-state index is -5.10. The van der Waals surface area contributed by atoms with Gasteiger partial charge in [0.2, 0.25) is 5.96 Å². The molecule has 15 heteroatoms. The minimum Gasteiger partial charge on any atom is -0.404 e. The first kappa shape index (κ1) is 23.7. The summed E-state index contributed by atoms with van der Waals surface area (Å²) in [6, 6.07) is 6.02. The zero-order chi connectivity index (χ0) is 23.6. The Morgan fingerprint density at radius 3 is 2.28 bits per heavy atom. The number of rotatable bonds is 4. The average Bonchev–Trinajstić information content (AvgIpc) is 3.08. The topological polar surface area (TPSA) is 107 Å². The standard InChI is InChI=1S/C17H12Cl3F3N6O3/c1-29-16(26-27-28-29)25-14(30)7-5-6-10(32-17(21,22)23)13(12(7)20)24-15(31)11-8(18)3-2-4-9(11)19/h2-6,27-28H,1H3,(H,24,31)(H,25,26,30). The number of amides is 2. The van der Waals surface area contributed by atoms with Gasteiger partial charge in [-0.3, -0.25) is 19.9 Å². The number of guanidine groups is 1. The molecule has 3 rings (SSSR count). The lowest BCUT2D eigenvalue weighted by atomic mass is 10.1. The second-order valence-electron chi connectivity index (χ2n) is 6.07. The van der Waals surface area contributed by atoms with E-state index in [2.05, 4.69) is 31.5 Å². The van der Waals surface area contributed by atoms with E-state index in [-0.39, 0.29) is 27.1 Å². The lowest BCUT2D eigenvalue weighted by Crippen LogP contribution is -2.45. The van der Waals surface area contributed by atoms with Crippen LogP contribution in [0.5, 0.6) is 5.75 Å². The smallest absolute Gasteiger partial charge is 0.404 e. The zero-order valence-corrected chi connectivity index (χ0v) is 18.0. The lowest BCUT2D eigenvalue weighted by molar-refractivity contribution is -0.274. The highest BCUT2D eigenvalue weighted by molar-refractivity contribution is 6.41. The van der Waals surface area contributed by atoms with Gasteiger partial charge in [0, 0.05) is 7.05 Å². The van der Waals surface area contributed by atoms with Crippen LogP contribution in [0, 0.1) is 0 Å². The van der Waals surface area contributed by atoms with E-state index < -0.39 is 34.6 Å². The molecular formula is C17H12Cl3F3N6O3. The first-order valence-corrected chi connectivity index (χ1v) is 9.58. The third kappa shape index (κ3) is 5.27. The Morgan fingerprint density at radius 2 is 1.72 bits per heavy atom. The summed E-state index contributed by atoms with van der Waals surface area (Å²) in [5.41, 5.74) is 3.83. The van der Waals surface area contributed by atoms with Gasteiger partial charge in [-0.15, -0.1) is 23.8 Å². The van der Waals surface area contributed by atoms with Crippen molar-refractivity contribution in [3.05, 3.63) is 56.5 Å². The monoisotopic (exact) mass is 510 g/mol. The fraction of sp³-hybridized carbons (Fsp3) is 0.118. The van der Waals surface area contributed by atoms with Crippen molar-refractivity contribution in [1.29, 1.82) is 0 Å². The third-order valence-corrected chi connectivity index (χ3v) is 4.95. The summed E-state index contributed by atoms with van der Waals surface area (Å²) in [6.07, 6.45) is -5.10. The number of carbonyl (C=O) groups is 2. The molecule has 1 aliphatic heterocycles. The molecule has 9 nitrogen and oxygen atoms in total. The van der Waals surface area contributed by atoms with Crippen LogP contribution in [0.15, 0.2) is 35.4 Å². The van der Waals surface area contributed by atoms with Crippen LogP contribution in [0.3, 0.4) is 0 Å². The third-order valence-electron chi connectivity index (χ3n) is 3.92. The van der Waals surface area contributed by atoms with Gasteiger partial charge < -0.3 is 10.1 Å². The van der Waals surface area contributed by atoms with E-state index in [4.69, 9.17) is 34.8 Å². The largest absolute Gasteiger partial charge is 0.573 e. The van der Waals surface area contributed by atoms with Crippen LogP contribution >= 0.6 is 34.8 Å². The van der Waals surface area contributed by atoms with Crippen molar-refractivity contribution in [1.82, 2.24) is 21.4 Å². The highest BCUT2D eigenvalue weighted by Crippen LogP contribution is 2.39. The molecule has 0 aromatic heterocycles. The number of ether oxygens (including phenoxy) is 1. The summed E-state index contributed by atoms with van der Waals surface area (Å²) >= 11 is 18.2. The fourth-order valence-electron chi connectivity index (χ4n) is 2.51. The molecule has 0 radical (unpaired) electrons. The molecule has 1 aliphatic rings. The van der Waals surface area contributed by atoms with Gasteiger partial charge in [-0.05, 0) is 24.3 Å². The number of alkyl halides is 3. The van der Waals surface area contributed by atoms with Gasteiger partial charge in [-0.1, -0.05) is 40.9 Å². The molecule has 2 aromatic rings. The Hall–Kier alpha value is -2.93. The van der Waals surface area contributed by atoms with Crippen LogP contribution in [-0.2, 0) is 0 Å². The van der Waals surface area contributed by atoms with Crippen LogP contribution < -0.4 is 26.4 Å². The van der Waals surface area contributed by atoms with Crippen molar-refractivity contribution in [2.24, 2.45) is 5.10 Å². The number of hydrazine groups is 2. The molecule has 2 aromatic carbocycles. The van der Waals surface area contributed by atoms with E-state index in [1.54, 1.807) is 0 Å². The summed E-state index contributed by atoms with van der Waals surface area (Å²) in [6.45, 7) is 0. The number of benzene rings is 2. The molecule has 0 spiro atoms. The van der Waals surface area contributed by atoms with Gasteiger partial charge in [-0.2, -0.15) is 0 Å². The highest BCUT2D eigenvalue weighted by atomic mass is 35.5. The molecule has 2 amide bonds. The molecule has 0 aliphatic carbocycles. The zero-order valence-electron chi connectivity index (χ0n) is 15.8. The van der Waals surface area contributed by atoms with Gasteiger partial charge in [-0.25, -0.2) is 5.53 Å². The Morgan fingerprint density at radius 1 is 1.06 bits per heavy atom. The van der Waals surface area contributed by atoms with E-state index in [1.807, 2.05) is 0 Å². The van der Waals surface area contributed by atoms with Gasteiger partial charge in [0.25, 0.3) is 11.8 Å². The summed E-state index contributed by atoms with van der Waals surface area (Å²) in [7, 11) is 1.53. The molecule has 32 heavy (non-hydrogen) atoms. The molecule has 0 bridgehead atoms. The SMILES string of the molecule is CN1NNN=C1NC(=O)c1ccc(OC(F)(F)F)c(NC(=O)c2c(Cl)cccc2Cl)c1Cl. The van der Waals surface area contributed by atoms with Gasteiger partial charge in [0.05, 0.1) is 26.2 Å². The number of nitrogens with zero attached hydrogens (tertiary/aromatic N) is 2. The Balaban J connectivity index is 2.00. The highest BCUT2D eigenvalue weighted by Gasteiger charge is 2.34. The number of carbonyl (C=O) groups excluding carboxylic acids is 2. The van der Waals surface area contributed by atoms with Gasteiger partial charge in [0.1, 0.15) is 5.69 Å². The van der Waals surface area contributed by atoms with E-state index in [9.17, 15) is 22.8 Å². The number of hydrogen-bond acceptors (Lipinski definition) is 7. The molecule has 0 saturated heterocycles. The van der Waals surface area contributed by atoms with Crippen LogP contribution in [0.4, 0.5) is 18.9 Å². The molecule has 1 heterocycles.